The van der Waals surface area contributed by atoms with Crippen molar-refractivity contribution in [2.45, 2.75) is 50.7 Å². The van der Waals surface area contributed by atoms with Gasteiger partial charge in [-0.05, 0) is 56.4 Å². The molecule has 0 N–H and O–H groups in total. The summed E-state index contributed by atoms with van der Waals surface area (Å²) in [5.74, 6) is -0.283. The van der Waals surface area contributed by atoms with Crippen LogP contribution < -0.4 is 4.74 Å². The van der Waals surface area contributed by atoms with Crippen LogP contribution in [0.5, 0.6) is 5.75 Å². The molecule has 0 radical (unpaired) electrons. The van der Waals surface area contributed by atoms with Gasteiger partial charge in [-0.15, -0.1) is 0 Å². The molecule has 0 aromatic heterocycles. The van der Waals surface area contributed by atoms with Crippen molar-refractivity contribution in [2.75, 3.05) is 20.1 Å². The van der Waals surface area contributed by atoms with Gasteiger partial charge in [0.1, 0.15) is 17.7 Å². The number of amides is 2. The van der Waals surface area contributed by atoms with E-state index in [9.17, 15) is 14.0 Å². The fourth-order valence-electron chi connectivity index (χ4n) is 4.63. The molecule has 2 aromatic rings. The van der Waals surface area contributed by atoms with Gasteiger partial charge < -0.3 is 14.5 Å². The van der Waals surface area contributed by atoms with Crippen LogP contribution in [0.1, 0.15) is 59.2 Å². The van der Waals surface area contributed by atoms with Crippen LogP contribution in [-0.4, -0.2) is 53.9 Å². The second kappa shape index (κ2) is 9.50. The van der Waals surface area contributed by atoms with Gasteiger partial charge in [0.25, 0.3) is 11.8 Å². The highest BCUT2D eigenvalue weighted by molar-refractivity contribution is 5.97. The molecule has 2 aliphatic rings. The van der Waals surface area contributed by atoms with E-state index >= 15 is 0 Å². The van der Waals surface area contributed by atoms with Gasteiger partial charge in [0.2, 0.25) is 0 Å². The molecule has 4 rings (SSSR count). The van der Waals surface area contributed by atoms with Crippen LogP contribution in [0.15, 0.2) is 48.5 Å². The van der Waals surface area contributed by atoms with E-state index in [0.29, 0.717) is 24.4 Å². The number of hydrogen-bond donors (Lipinski definition) is 0. The van der Waals surface area contributed by atoms with Crippen LogP contribution in [0.2, 0.25) is 0 Å². The van der Waals surface area contributed by atoms with Gasteiger partial charge in [-0.2, -0.15) is 0 Å². The van der Waals surface area contributed by atoms with Gasteiger partial charge in [0.15, 0.2) is 0 Å². The molecular formula is C25H29FN2O3. The van der Waals surface area contributed by atoms with Gasteiger partial charge in [0.05, 0.1) is 17.2 Å². The van der Waals surface area contributed by atoms with E-state index < -0.39 is 5.82 Å². The lowest BCUT2D eigenvalue weighted by Crippen LogP contribution is -2.51. The van der Waals surface area contributed by atoms with Crippen molar-refractivity contribution in [1.29, 1.82) is 0 Å². The predicted octanol–water partition coefficient (Wildman–Crippen LogP) is 4.52. The van der Waals surface area contributed by atoms with Crippen LogP contribution in [0.3, 0.4) is 0 Å². The molecule has 164 valence electrons. The van der Waals surface area contributed by atoms with Gasteiger partial charge in [0, 0.05) is 20.1 Å². The number of fused-ring (bicyclic) bond motifs is 2. The molecule has 6 heteroatoms. The SMILES string of the molecule is CN1CCCCN(C(=O)c2ccccc2F)[C@@H]2CCCC[C@@H]2Oc2ccccc2C1=O. The van der Waals surface area contributed by atoms with Crippen LogP contribution in [-0.2, 0) is 0 Å². The number of para-hydroxylation sites is 1. The number of halogens is 1. The van der Waals surface area contributed by atoms with E-state index in [-0.39, 0.29) is 29.5 Å². The summed E-state index contributed by atoms with van der Waals surface area (Å²) < 4.78 is 20.8. The van der Waals surface area contributed by atoms with Crippen molar-refractivity contribution in [1.82, 2.24) is 9.80 Å². The lowest BCUT2D eigenvalue weighted by Gasteiger charge is -2.40. The summed E-state index contributed by atoms with van der Waals surface area (Å²) in [4.78, 5) is 29.9. The fraction of sp³-hybridized carbons (Fsp3) is 0.440. The third kappa shape index (κ3) is 4.58. The summed E-state index contributed by atoms with van der Waals surface area (Å²) >= 11 is 0. The normalized spacial score (nSPS) is 22.5. The molecule has 0 bridgehead atoms. The van der Waals surface area contributed by atoms with Gasteiger partial charge in [-0.1, -0.05) is 30.7 Å². The molecule has 1 aliphatic heterocycles. The first-order valence-corrected chi connectivity index (χ1v) is 11.1. The van der Waals surface area contributed by atoms with Gasteiger partial charge in [-0.25, -0.2) is 4.39 Å². The van der Waals surface area contributed by atoms with Crippen LogP contribution >= 0.6 is 0 Å². The van der Waals surface area contributed by atoms with Crippen molar-refractivity contribution in [3.63, 3.8) is 0 Å². The van der Waals surface area contributed by atoms with E-state index in [1.165, 1.54) is 6.07 Å². The Kier molecular flexibility index (Phi) is 6.54. The Bertz CT molecular complexity index is 948. The maximum atomic E-state index is 14.4. The molecule has 0 unspecified atom stereocenters. The summed E-state index contributed by atoms with van der Waals surface area (Å²) in [5.41, 5.74) is 0.647. The topological polar surface area (TPSA) is 49.9 Å². The number of rotatable bonds is 1. The summed E-state index contributed by atoms with van der Waals surface area (Å²) in [6.45, 7) is 1.10. The maximum Gasteiger partial charge on any atom is 0.257 e. The minimum atomic E-state index is -0.498. The number of benzene rings is 2. The minimum Gasteiger partial charge on any atom is -0.487 e. The predicted molar refractivity (Wildman–Crippen MR) is 117 cm³/mol. The molecule has 2 atom stereocenters. The van der Waals surface area contributed by atoms with E-state index in [4.69, 9.17) is 4.74 Å². The molecular weight excluding hydrogens is 395 g/mol. The summed E-state index contributed by atoms with van der Waals surface area (Å²) in [5, 5.41) is 0. The zero-order valence-corrected chi connectivity index (χ0v) is 17.9. The smallest absolute Gasteiger partial charge is 0.257 e. The van der Waals surface area contributed by atoms with Crippen molar-refractivity contribution >= 4 is 11.8 Å². The quantitative estimate of drug-likeness (QED) is 0.676. The lowest BCUT2D eigenvalue weighted by molar-refractivity contribution is 0.0258. The minimum absolute atomic E-state index is 0.0529. The molecule has 1 heterocycles. The highest BCUT2D eigenvalue weighted by atomic mass is 19.1. The van der Waals surface area contributed by atoms with Crippen LogP contribution in [0.25, 0.3) is 0 Å². The van der Waals surface area contributed by atoms with E-state index in [0.717, 1.165) is 38.5 Å². The molecule has 5 nitrogen and oxygen atoms in total. The summed E-state index contributed by atoms with van der Waals surface area (Å²) in [6, 6.07) is 13.3. The second-order valence-electron chi connectivity index (χ2n) is 8.42. The third-order valence-electron chi connectivity index (χ3n) is 6.32. The molecule has 2 amide bonds. The Labute approximate surface area is 182 Å². The number of nitrogens with zero attached hydrogens (tertiary/aromatic N) is 2. The van der Waals surface area contributed by atoms with Crippen molar-refractivity contribution < 1.29 is 18.7 Å². The first-order chi connectivity index (χ1) is 15.1. The Morgan fingerprint density at radius 1 is 0.968 bits per heavy atom. The van der Waals surface area contributed by atoms with E-state index in [2.05, 4.69) is 0 Å². The van der Waals surface area contributed by atoms with Crippen LogP contribution in [0, 0.1) is 5.82 Å². The zero-order chi connectivity index (χ0) is 21.8. The number of hydrogen-bond acceptors (Lipinski definition) is 3. The molecule has 0 spiro atoms. The first kappa shape index (κ1) is 21.3. The average Bonchev–Trinajstić information content (AvgIpc) is 2.79. The molecule has 31 heavy (non-hydrogen) atoms. The average molecular weight is 425 g/mol. The highest BCUT2D eigenvalue weighted by Gasteiger charge is 2.36. The van der Waals surface area contributed by atoms with E-state index in [1.807, 2.05) is 23.1 Å². The highest BCUT2D eigenvalue weighted by Crippen LogP contribution is 2.31. The molecule has 2 aromatic carbocycles. The monoisotopic (exact) mass is 424 g/mol. The molecule has 1 saturated carbocycles. The first-order valence-electron chi connectivity index (χ1n) is 11.1. The number of carbonyl (C=O) groups is 2. The Morgan fingerprint density at radius 3 is 2.52 bits per heavy atom. The Balaban J connectivity index is 1.70. The summed E-state index contributed by atoms with van der Waals surface area (Å²) in [7, 11) is 1.79. The lowest BCUT2D eigenvalue weighted by atomic mass is 9.90. The van der Waals surface area contributed by atoms with Crippen molar-refractivity contribution in [3.05, 3.63) is 65.5 Å². The molecule has 1 aliphatic carbocycles. The third-order valence-corrected chi connectivity index (χ3v) is 6.32. The maximum absolute atomic E-state index is 14.4. The van der Waals surface area contributed by atoms with Crippen molar-refractivity contribution in [3.8, 4) is 5.75 Å². The molecule has 0 saturated heterocycles. The van der Waals surface area contributed by atoms with E-state index in [1.54, 1.807) is 36.2 Å². The Hall–Kier alpha value is -2.89. The van der Waals surface area contributed by atoms with Crippen LogP contribution in [0.4, 0.5) is 4.39 Å². The number of ether oxygens (including phenoxy) is 1. The van der Waals surface area contributed by atoms with Gasteiger partial charge in [-0.3, -0.25) is 9.59 Å². The second-order valence-corrected chi connectivity index (χ2v) is 8.42. The fourth-order valence-corrected chi connectivity index (χ4v) is 4.63. The standard InChI is InChI=1S/C25H29FN2O3/c1-27-16-8-9-17-28(25(30)18-10-2-4-12-20(18)26)21-13-5-7-15-23(21)31-22-14-6-3-11-19(22)24(27)29/h2-4,6,10-12,14,21,23H,5,7-9,13,15-17H2,1H3/t21-,23+/m1/s1. The Morgan fingerprint density at radius 2 is 1.68 bits per heavy atom. The largest absolute Gasteiger partial charge is 0.487 e. The number of carbonyl (C=O) groups excluding carboxylic acids is 2. The van der Waals surface area contributed by atoms with Gasteiger partial charge >= 0.3 is 0 Å². The summed E-state index contributed by atoms with van der Waals surface area (Å²) in [6.07, 6.45) is 4.87. The molecule has 1 fully saturated rings. The zero-order valence-electron chi connectivity index (χ0n) is 17.9. The van der Waals surface area contributed by atoms with Crippen molar-refractivity contribution in [2.24, 2.45) is 0 Å².